The summed E-state index contributed by atoms with van der Waals surface area (Å²) in [5.41, 5.74) is 1.70. The summed E-state index contributed by atoms with van der Waals surface area (Å²) in [6.45, 7) is 11.4. The summed E-state index contributed by atoms with van der Waals surface area (Å²) in [7, 11) is 1.71. The van der Waals surface area contributed by atoms with Crippen LogP contribution in [0.5, 0.6) is 5.75 Å². The molecule has 0 amide bonds. The van der Waals surface area contributed by atoms with Gasteiger partial charge in [0.05, 0.1) is 7.11 Å². The molecule has 0 saturated heterocycles. The summed E-state index contributed by atoms with van der Waals surface area (Å²) < 4.78 is 5.26. The first-order valence-electron chi connectivity index (χ1n) is 5.43. The third kappa shape index (κ3) is 2.34. The molecule has 0 aliphatic carbocycles. The highest BCUT2D eigenvalue weighted by molar-refractivity contribution is 5.34. The van der Waals surface area contributed by atoms with Gasteiger partial charge in [0.2, 0.25) is 0 Å². The zero-order valence-electron chi connectivity index (χ0n) is 10.7. The van der Waals surface area contributed by atoms with Gasteiger partial charge in [0.1, 0.15) is 5.75 Å². The highest BCUT2D eigenvalue weighted by atomic mass is 16.5. The Bertz CT molecular complexity index is 331. The van der Waals surface area contributed by atoms with Crippen LogP contribution < -0.4 is 4.74 Å². The van der Waals surface area contributed by atoms with Crippen molar-refractivity contribution in [3.8, 4) is 5.75 Å². The molecular formula is C14H22O. The molecule has 15 heavy (non-hydrogen) atoms. The van der Waals surface area contributed by atoms with Crippen LogP contribution >= 0.6 is 0 Å². The van der Waals surface area contributed by atoms with Crippen LogP contribution in [0.15, 0.2) is 24.3 Å². The Balaban J connectivity index is 3.15. The summed E-state index contributed by atoms with van der Waals surface area (Å²) >= 11 is 0. The van der Waals surface area contributed by atoms with Gasteiger partial charge in [-0.1, -0.05) is 46.8 Å². The van der Waals surface area contributed by atoms with Crippen LogP contribution in [0.3, 0.4) is 0 Å². The van der Waals surface area contributed by atoms with E-state index in [4.69, 9.17) is 4.74 Å². The predicted octanol–water partition coefficient (Wildman–Crippen LogP) is 4.02. The molecule has 1 heteroatoms. The van der Waals surface area contributed by atoms with Gasteiger partial charge in [0.25, 0.3) is 0 Å². The average molecular weight is 206 g/mol. The predicted molar refractivity (Wildman–Crippen MR) is 65.5 cm³/mol. The van der Waals surface area contributed by atoms with E-state index in [0.717, 1.165) is 5.75 Å². The molecular weight excluding hydrogens is 184 g/mol. The van der Waals surface area contributed by atoms with Crippen molar-refractivity contribution in [3.05, 3.63) is 29.8 Å². The maximum atomic E-state index is 5.26. The first-order valence-corrected chi connectivity index (χ1v) is 5.43. The second-order valence-corrected chi connectivity index (χ2v) is 5.61. The number of hydrogen-bond donors (Lipinski definition) is 0. The minimum absolute atomic E-state index is 0.140. The van der Waals surface area contributed by atoms with Gasteiger partial charge < -0.3 is 4.74 Å². The van der Waals surface area contributed by atoms with Crippen LogP contribution in [-0.4, -0.2) is 7.11 Å². The summed E-state index contributed by atoms with van der Waals surface area (Å²) in [5.74, 6) is 0.935. The van der Waals surface area contributed by atoms with Crippen LogP contribution in [-0.2, 0) is 5.41 Å². The van der Waals surface area contributed by atoms with Gasteiger partial charge in [-0.25, -0.2) is 0 Å². The smallest absolute Gasteiger partial charge is 0.119 e. The average Bonchev–Trinajstić information content (AvgIpc) is 2.16. The Morgan fingerprint density at radius 2 is 1.60 bits per heavy atom. The van der Waals surface area contributed by atoms with Crippen molar-refractivity contribution in [1.82, 2.24) is 0 Å². The van der Waals surface area contributed by atoms with E-state index in [0.29, 0.717) is 0 Å². The van der Waals surface area contributed by atoms with Gasteiger partial charge in [0.15, 0.2) is 0 Å². The van der Waals surface area contributed by atoms with Crippen molar-refractivity contribution in [2.75, 3.05) is 7.11 Å². The molecule has 1 nitrogen and oxygen atoms in total. The van der Waals surface area contributed by atoms with Crippen molar-refractivity contribution in [2.45, 2.75) is 40.0 Å². The van der Waals surface area contributed by atoms with E-state index >= 15 is 0 Å². The first kappa shape index (κ1) is 12.1. The molecule has 0 N–H and O–H groups in total. The molecule has 0 radical (unpaired) electrons. The maximum absolute atomic E-state index is 5.26. The lowest BCUT2D eigenvalue weighted by Gasteiger charge is -2.39. The van der Waals surface area contributed by atoms with E-state index in [2.05, 4.69) is 52.8 Å². The van der Waals surface area contributed by atoms with Crippen molar-refractivity contribution in [1.29, 1.82) is 0 Å². The van der Waals surface area contributed by atoms with Crippen molar-refractivity contribution in [2.24, 2.45) is 5.41 Å². The Morgan fingerprint density at radius 1 is 1.00 bits per heavy atom. The second-order valence-electron chi connectivity index (χ2n) is 5.61. The van der Waals surface area contributed by atoms with Crippen LogP contribution in [0.2, 0.25) is 0 Å². The standard InChI is InChI=1S/C14H22O/c1-13(2,3)14(4,5)11-8-7-9-12(10-11)15-6/h7-10H,1-6H3. The van der Waals surface area contributed by atoms with Crippen molar-refractivity contribution in [3.63, 3.8) is 0 Å². The van der Waals surface area contributed by atoms with Gasteiger partial charge in [0, 0.05) is 0 Å². The van der Waals surface area contributed by atoms with Gasteiger partial charge in [-0.05, 0) is 28.5 Å². The monoisotopic (exact) mass is 206 g/mol. The second kappa shape index (κ2) is 3.88. The summed E-state index contributed by atoms with van der Waals surface area (Å²) in [6.07, 6.45) is 0. The van der Waals surface area contributed by atoms with Gasteiger partial charge in [-0.2, -0.15) is 0 Å². The third-order valence-corrected chi connectivity index (χ3v) is 3.67. The number of methoxy groups -OCH3 is 1. The first-order chi connectivity index (χ1) is 6.79. The fourth-order valence-electron chi connectivity index (χ4n) is 1.44. The van der Waals surface area contributed by atoms with E-state index < -0.39 is 0 Å². The van der Waals surface area contributed by atoms with Crippen LogP contribution in [0.4, 0.5) is 0 Å². The summed E-state index contributed by atoms with van der Waals surface area (Å²) in [5, 5.41) is 0. The van der Waals surface area contributed by atoms with Gasteiger partial charge in [-0.15, -0.1) is 0 Å². The highest BCUT2D eigenvalue weighted by Crippen LogP contribution is 2.41. The summed E-state index contributed by atoms with van der Waals surface area (Å²) in [4.78, 5) is 0. The number of benzene rings is 1. The molecule has 0 aliphatic heterocycles. The molecule has 0 aromatic heterocycles. The lowest BCUT2D eigenvalue weighted by Crippen LogP contribution is -2.33. The lowest BCUT2D eigenvalue weighted by atomic mass is 9.65. The van der Waals surface area contributed by atoms with E-state index in [9.17, 15) is 0 Å². The molecule has 0 bridgehead atoms. The topological polar surface area (TPSA) is 9.23 Å². The minimum Gasteiger partial charge on any atom is -0.497 e. The molecule has 0 heterocycles. The number of rotatable bonds is 2. The molecule has 1 aromatic rings. The van der Waals surface area contributed by atoms with Crippen molar-refractivity contribution < 1.29 is 4.74 Å². The molecule has 0 unspecified atom stereocenters. The van der Waals surface area contributed by atoms with E-state index in [-0.39, 0.29) is 10.8 Å². The number of hydrogen-bond acceptors (Lipinski definition) is 1. The van der Waals surface area contributed by atoms with Crippen LogP contribution in [0, 0.1) is 5.41 Å². The molecule has 0 spiro atoms. The quantitative estimate of drug-likeness (QED) is 0.710. The SMILES string of the molecule is COc1cccc(C(C)(C)C(C)(C)C)c1. The lowest BCUT2D eigenvalue weighted by molar-refractivity contribution is 0.225. The third-order valence-electron chi connectivity index (χ3n) is 3.67. The fraction of sp³-hybridized carbons (Fsp3) is 0.571. The van der Waals surface area contributed by atoms with Gasteiger partial charge in [-0.3, -0.25) is 0 Å². The summed E-state index contributed by atoms with van der Waals surface area (Å²) in [6, 6.07) is 8.35. The Kier molecular flexibility index (Phi) is 3.13. The fourth-order valence-corrected chi connectivity index (χ4v) is 1.44. The maximum Gasteiger partial charge on any atom is 0.119 e. The van der Waals surface area contributed by atoms with Crippen LogP contribution in [0.1, 0.15) is 40.2 Å². The zero-order chi connectivity index (χ0) is 11.7. The molecule has 0 saturated carbocycles. The Labute approximate surface area is 93.5 Å². The van der Waals surface area contributed by atoms with Crippen molar-refractivity contribution >= 4 is 0 Å². The minimum atomic E-state index is 0.140. The molecule has 0 atom stereocenters. The molecule has 84 valence electrons. The van der Waals surface area contributed by atoms with Gasteiger partial charge >= 0.3 is 0 Å². The normalized spacial score (nSPS) is 12.7. The van der Waals surface area contributed by atoms with E-state index in [1.54, 1.807) is 7.11 Å². The van der Waals surface area contributed by atoms with E-state index in [1.807, 2.05) is 6.07 Å². The Morgan fingerprint density at radius 3 is 2.07 bits per heavy atom. The molecule has 1 rings (SSSR count). The Hall–Kier alpha value is -0.980. The zero-order valence-corrected chi connectivity index (χ0v) is 10.7. The van der Waals surface area contributed by atoms with E-state index in [1.165, 1.54) is 5.56 Å². The molecule has 1 aromatic carbocycles. The molecule has 0 fully saturated rings. The largest absolute Gasteiger partial charge is 0.497 e. The number of ether oxygens (including phenoxy) is 1. The molecule has 0 aliphatic rings. The highest BCUT2D eigenvalue weighted by Gasteiger charge is 2.34. The van der Waals surface area contributed by atoms with Crippen LogP contribution in [0.25, 0.3) is 0 Å².